The summed E-state index contributed by atoms with van der Waals surface area (Å²) in [7, 11) is -3.82. The number of halogens is 1. The lowest BCUT2D eigenvalue weighted by Crippen LogP contribution is -2.31. The van der Waals surface area contributed by atoms with Gasteiger partial charge in [0.05, 0.1) is 0 Å². The van der Waals surface area contributed by atoms with E-state index in [-0.39, 0.29) is 18.0 Å². The summed E-state index contributed by atoms with van der Waals surface area (Å²) in [5.74, 6) is -0.715. The molecule has 118 valence electrons. The first kappa shape index (κ1) is 17.8. The van der Waals surface area contributed by atoms with Gasteiger partial charge in [0, 0.05) is 19.6 Å². The average Bonchev–Trinajstić information content (AvgIpc) is 2.44. The molecule has 0 aliphatic carbocycles. The van der Waals surface area contributed by atoms with Gasteiger partial charge in [0.25, 0.3) is 0 Å². The van der Waals surface area contributed by atoms with Crippen molar-refractivity contribution in [3.05, 3.63) is 42.2 Å². The fourth-order valence-corrected chi connectivity index (χ4v) is 3.42. The Hall–Kier alpha value is -1.24. The monoisotopic (exact) mass is 314 g/mol. The van der Waals surface area contributed by atoms with E-state index in [1.54, 1.807) is 13.0 Å². The van der Waals surface area contributed by atoms with E-state index in [1.807, 2.05) is 6.92 Å². The normalized spacial score (nSPS) is 11.8. The van der Waals surface area contributed by atoms with E-state index in [0.717, 1.165) is 18.5 Å². The molecule has 0 radical (unpaired) electrons. The number of likely N-dealkylation sites (N-methyl/N-ethyl adjacent to an activating group) is 1. The first-order chi connectivity index (χ1) is 9.97. The topological polar surface area (TPSA) is 49.4 Å². The number of rotatable bonds is 9. The van der Waals surface area contributed by atoms with Crippen molar-refractivity contribution in [3.63, 3.8) is 0 Å². The van der Waals surface area contributed by atoms with Crippen LogP contribution in [-0.2, 0) is 16.6 Å². The Balaban J connectivity index is 3.00. The molecule has 21 heavy (non-hydrogen) atoms. The van der Waals surface area contributed by atoms with E-state index in [4.69, 9.17) is 0 Å². The van der Waals surface area contributed by atoms with Crippen LogP contribution in [0.3, 0.4) is 0 Å². The molecule has 1 aromatic carbocycles. The zero-order valence-electron chi connectivity index (χ0n) is 12.6. The molecule has 4 nitrogen and oxygen atoms in total. The highest BCUT2D eigenvalue weighted by Gasteiger charge is 2.25. The van der Waals surface area contributed by atoms with Crippen molar-refractivity contribution in [2.75, 3.05) is 19.6 Å². The van der Waals surface area contributed by atoms with E-state index in [9.17, 15) is 12.8 Å². The Bertz CT molecular complexity index is 573. The third kappa shape index (κ3) is 4.62. The molecule has 0 amide bonds. The molecule has 0 aliphatic heterocycles. The second kappa shape index (κ2) is 8.26. The third-order valence-electron chi connectivity index (χ3n) is 3.06. The molecule has 0 spiro atoms. The maximum absolute atomic E-state index is 14.1. The zero-order valence-corrected chi connectivity index (χ0v) is 13.4. The molecule has 1 N–H and O–H groups in total. The van der Waals surface area contributed by atoms with E-state index >= 15 is 0 Å². The Morgan fingerprint density at radius 2 is 2.10 bits per heavy atom. The van der Waals surface area contributed by atoms with E-state index in [0.29, 0.717) is 6.54 Å². The lowest BCUT2D eigenvalue weighted by atomic mass is 10.2. The summed E-state index contributed by atoms with van der Waals surface area (Å²) in [5.41, 5.74) is 0.728. The maximum atomic E-state index is 14.1. The Morgan fingerprint density at radius 3 is 2.62 bits per heavy atom. The summed E-state index contributed by atoms with van der Waals surface area (Å²) >= 11 is 0. The van der Waals surface area contributed by atoms with Crippen LogP contribution in [0.5, 0.6) is 0 Å². The molecule has 6 heteroatoms. The quantitative estimate of drug-likeness (QED) is 0.563. The van der Waals surface area contributed by atoms with Crippen LogP contribution in [-0.4, -0.2) is 32.4 Å². The van der Waals surface area contributed by atoms with Gasteiger partial charge in [0.2, 0.25) is 10.0 Å². The van der Waals surface area contributed by atoms with Gasteiger partial charge in [-0.1, -0.05) is 26.0 Å². The summed E-state index contributed by atoms with van der Waals surface area (Å²) in [5, 5.41) is 3.15. The highest BCUT2D eigenvalue weighted by molar-refractivity contribution is 7.89. The van der Waals surface area contributed by atoms with Crippen molar-refractivity contribution in [3.8, 4) is 0 Å². The second-order valence-corrected chi connectivity index (χ2v) is 6.59. The van der Waals surface area contributed by atoms with Crippen molar-refractivity contribution in [2.45, 2.75) is 31.7 Å². The molecule has 0 fully saturated rings. The molecule has 0 saturated carbocycles. The largest absolute Gasteiger partial charge is 0.313 e. The number of sulfonamides is 1. The standard InChI is InChI=1S/C15H23FN2O2S/c1-4-9-17-12-13-7-8-15(14(16)11-13)21(19,20)18(6-3)10-5-2/h5,7-8,11,17H,2,4,6,9-10,12H2,1,3H3. The van der Waals surface area contributed by atoms with Gasteiger partial charge in [-0.3, -0.25) is 0 Å². The molecule has 0 aromatic heterocycles. The molecule has 0 aliphatic rings. The minimum atomic E-state index is -3.82. The fraction of sp³-hybridized carbons (Fsp3) is 0.467. The third-order valence-corrected chi connectivity index (χ3v) is 5.03. The van der Waals surface area contributed by atoms with Crippen LogP contribution in [0, 0.1) is 5.82 Å². The summed E-state index contributed by atoms with van der Waals surface area (Å²) < 4.78 is 40.1. The van der Waals surface area contributed by atoms with Crippen molar-refractivity contribution in [1.29, 1.82) is 0 Å². The van der Waals surface area contributed by atoms with Gasteiger partial charge in [0.15, 0.2) is 0 Å². The first-order valence-corrected chi connectivity index (χ1v) is 8.51. The van der Waals surface area contributed by atoms with Gasteiger partial charge in [-0.15, -0.1) is 6.58 Å². The number of nitrogens with one attached hydrogen (secondary N) is 1. The number of hydrogen-bond donors (Lipinski definition) is 1. The lowest BCUT2D eigenvalue weighted by Gasteiger charge is -2.19. The molecule has 0 atom stereocenters. The van der Waals surface area contributed by atoms with Crippen LogP contribution < -0.4 is 5.32 Å². The Labute approximate surface area is 126 Å². The molecule has 0 saturated heterocycles. The first-order valence-electron chi connectivity index (χ1n) is 7.07. The summed E-state index contributed by atoms with van der Waals surface area (Å²) in [6.07, 6.45) is 2.48. The SMILES string of the molecule is C=CCN(CC)S(=O)(=O)c1ccc(CNCCC)cc1F. The van der Waals surface area contributed by atoms with Crippen LogP contribution in [0.1, 0.15) is 25.8 Å². The molecule has 0 bridgehead atoms. The van der Waals surface area contributed by atoms with Crippen LogP contribution in [0.4, 0.5) is 4.39 Å². The predicted molar refractivity (Wildman–Crippen MR) is 83.0 cm³/mol. The molecule has 0 heterocycles. The summed E-state index contributed by atoms with van der Waals surface area (Å²) in [4.78, 5) is -0.287. The lowest BCUT2D eigenvalue weighted by molar-refractivity contribution is 0.453. The van der Waals surface area contributed by atoms with E-state index in [1.165, 1.54) is 22.5 Å². The van der Waals surface area contributed by atoms with Crippen LogP contribution in [0.2, 0.25) is 0 Å². The summed E-state index contributed by atoms with van der Waals surface area (Å²) in [6, 6.07) is 4.25. The Morgan fingerprint density at radius 1 is 1.38 bits per heavy atom. The smallest absolute Gasteiger partial charge is 0.246 e. The van der Waals surface area contributed by atoms with Gasteiger partial charge < -0.3 is 5.32 Å². The number of benzene rings is 1. The highest BCUT2D eigenvalue weighted by atomic mass is 32.2. The van der Waals surface area contributed by atoms with Gasteiger partial charge in [0.1, 0.15) is 10.7 Å². The van der Waals surface area contributed by atoms with E-state index in [2.05, 4.69) is 11.9 Å². The molecular weight excluding hydrogens is 291 g/mol. The van der Waals surface area contributed by atoms with Gasteiger partial charge in [-0.25, -0.2) is 12.8 Å². The van der Waals surface area contributed by atoms with E-state index < -0.39 is 15.8 Å². The van der Waals surface area contributed by atoms with Gasteiger partial charge in [-0.2, -0.15) is 4.31 Å². The van der Waals surface area contributed by atoms with Crippen LogP contribution in [0.15, 0.2) is 35.7 Å². The maximum Gasteiger partial charge on any atom is 0.246 e. The molecular formula is C15H23FN2O2S. The Kier molecular flexibility index (Phi) is 7.01. The van der Waals surface area contributed by atoms with Gasteiger partial charge >= 0.3 is 0 Å². The van der Waals surface area contributed by atoms with Crippen LogP contribution >= 0.6 is 0 Å². The van der Waals surface area contributed by atoms with Gasteiger partial charge in [-0.05, 0) is 30.7 Å². The molecule has 0 unspecified atom stereocenters. The minimum absolute atomic E-state index is 0.165. The fourth-order valence-electron chi connectivity index (χ4n) is 1.95. The van der Waals surface area contributed by atoms with Crippen molar-refractivity contribution < 1.29 is 12.8 Å². The predicted octanol–water partition coefficient (Wildman–Crippen LogP) is 2.52. The minimum Gasteiger partial charge on any atom is -0.313 e. The summed E-state index contributed by atoms with van der Waals surface area (Å²) in [6.45, 7) is 9.08. The molecule has 1 rings (SSSR count). The number of hydrogen-bond acceptors (Lipinski definition) is 3. The average molecular weight is 314 g/mol. The van der Waals surface area contributed by atoms with Crippen LogP contribution in [0.25, 0.3) is 0 Å². The zero-order chi connectivity index (χ0) is 15.9. The van der Waals surface area contributed by atoms with Crippen molar-refractivity contribution >= 4 is 10.0 Å². The number of nitrogens with zero attached hydrogens (tertiary/aromatic N) is 1. The molecule has 1 aromatic rings. The second-order valence-electron chi connectivity index (χ2n) is 4.69. The highest BCUT2D eigenvalue weighted by Crippen LogP contribution is 2.20. The van der Waals surface area contributed by atoms with Crippen molar-refractivity contribution in [2.24, 2.45) is 0 Å². The van der Waals surface area contributed by atoms with Crippen molar-refractivity contribution in [1.82, 2.24) is 9.62 Å².